The SMILES string of the molecule is COc1cccc(NC(=O)C[C@@H]2C(=O)Nc3nc(-c4ccccc4)nn32)c1. The number of ether oxygens (including phenoxy) is 1. The van der Waals surface area contributed by atoms with Crippen molar-refractivity contribution < 1.29 is 14.3 Å². The van der Waals surface area contributed by atoms with Gasteiger partial charge in [-0.15, -0.1) is 5.10 Å². The monoisotopic (exact) mass is 363 g/mol. The first-order chi connectivity index (χ1) is 13.1. The summed E-state index contributed by atoms with van der Waals surface area (Å²) in [6.07, 6.45) is -0.0480. The molecule has 0 spiro atoms. The Morgan fingerprint density at radius 3 is 2.81 bits per heavy atom. The number of benzene rings is 2. The lowest BCUT2D eigenvalue weighted by Crippen LogP contribution is -2.23. The maximum Gasteiger partial charge on any atom is 0.252 e. The lowest BCUT2D eigenvalue weighted by Gasteiger charge is -2.10. The number of hydrogen-bond acceptors (Lipinski definition) is 5. The highest BCUT2D eigenvalue weighted by atomic mass is 16.5. The van der Waals surface area contributed by atoms with E-state index in [1.54, 1.807) is 31.4 Å². The normalized spacial score (nSPS) is 15.1. The van der Waals surface area contributed by atoms with Gasteiger partial charge in [-0.2, -0.15) is 4.98 Å². The van der Waals surface area contributed by atoms with E-state index < -0.39 is 6.04 Å². The summed E-state index contributed by atoms with van der Waals surface area (Å²) in [5.74, 6) is 0.887. The molecule has 8 heteroatoms. The van der Waals surface area contributed by atoms with Gasteiger partial charge in [0.25, 0.3) is 5.91 Å². The van der Waals surface area contributed by atoms with E-state index in [0.717, 1.165) is 5.56 Å². The number of hydrogen-bond donors (Lipinski definition) is 2. The van der Waals surface area contributed by atoms with Gasteiger partial charge < -0.3 is 10.1 Å². The minimum atomic E-state index is -0.740. The van der Waals surface area contributed by atoms with E-state index in [4.69, 9.17) is 4.74 Å². The molecule has 2 heterocycles. The van der Waals surface area contributed by atoms with Gasteiger partial charge in [-0.3, -0.25) is 14.9 Å². The number of nitrogens with zero attached hydrogens (tertiary/aromatic N) is 3. The van der Waals surface area contributed by atoms with Gasteiger partial charge in [-0.1, -0.05) is 36.4 Å². The summed E-state index contributed by atoms with van der Waals surface area (Å²) in [5.41, 5.74) is 1.44. The summed E-state index contributed by atoms with van der Waals surface area (Å²) in [4.78, 5) is 29.0. The molecule has 4 rings (SSSR count). The molecule has 136 valence electrons. The molecule has 0 saturated carbocycles. The molecule has 2 N–H and O–H groups in total. The van der Waals surface area contributed by atoms with Gasteiger partial charge in [-0.05, 0) is 12.1 Å². The molecule has 1 aromatic heterocycles. The molecular weight excluding hydrogens is 346 g/mol. The third-order valence-electron chi connectivity index (χ3n) is 4.23. The Hall–Kier alpha value is -3.68. The Bertz CT molecular complexity index is 1000. The van der Waals surface area contributed by atoms with E-state index in [1.165, 1.54) is 4.68 Å². The van der Waals surface area contributed by atoms with Crippen LogP contribution in [0.2, 0.25) is 0 Å². The maximum atomic E-state index is 12.4. The van der Waals surface area contributed by atoms with Crippen LogP contribution in [0.25, 0.3) is 11.4 Å². The first-order valence-corrected chi connectivity index (χ1v) is 8.41. The molecule has 0 unspecified atom stereocenters. The molecule has 0 saturated heterocycles. The molecule has 1 aliphatic rings. The Morgan fingerprint density at radius 2 is 2.04 bits per heavy atom. The quantitative estimate of drug-likeness (QED) is 0.726. The minimum absolute atomic E-state index is 0.0480. The topological polar surface area (TPSA) is 98.1 Å². The molecule has 2 aromatic carbocycles. The minimum Gasteiger partial charge on any atom is -0.497 e. The van der Waals surface area contributed by atoms with E-state index >= 15 is 0 Å². The van der Waals surface area contributed by atoms with Crippen molar-refractivity contribution in [3.8, 4) is 17.1 Å². The van der Waals surface area contributed by atoms with Crippen molar-refractivity contribution in [1.29, 1.82) is 0 Å². The second-order valence-corrected chi connectivity index (χ2v) is 6.06. The van der Waals surface area contributed by atoms with Crippen molar-refractivity contribution in [2.75, 3.05) is 17.7 Å². The average molecular weight is 363 g/mol. The van der Waals surface area contributed by atoms with Crippen LogP contribution < -0.4 is 15.4 Å². The zero-order chi connectivity index (χ0) is 18.8. The molecule has 0 bridgehead atoms. The van der Waals surface area contributed by atoms with E-state index in [2.05, 4.69) is 20.7 Å². The van der Waals surface area contributed by atoms with Gasteiger partial charge >= 0.3 is 0 Å². The number of methoxy groups -OCH3 is 1. The van der Waals surface area contributed by atoms with Crippen LogP contribution >= 0.6 is 0 Å². The van der Waals surface area contributed by atoms with Crippen LogP contribution in [0.3, 0.4) is 0 Å². The van der Waals surface area contributed by atoms with Crippen LogP contribution in [0, 0.1) is 0 Å². The fraction of sp³-hybridized carbons (Fsp3) is 0.158. The molecule has 1 aliphatic heterocycles. The zero-order valence-corrected chi connectivity index (χ0v) is 14.5. The van der Waals surface area contributed by atoms with Crippen molar-refractivity contribution in [2.24, 2.45) is 0 Å². The van der Waals surface area contributed by atoms with Crippen LogP contribution in [-0.4, -0.2) is 33.7 Å². The molecular formula is C19H17N5O3. The lowest BCUT2D eigenvalue weighted by molar-refractivity contribution is -0.123. The summed E-state index contributed by atoms with van der Waals surface area (Å²) in [5, 5.41) is 9.85. The maximum absolute atomic E-state index is 12.4. The van der Waals surface area contributed by atoms with Gasteiger partial charge in [0.1, 0.15) is 11.8 Å². The second-order valence-electron chi connectivity index (χ2n) is 6.06. The highest BCUT2D eigenvalue weighted by Crippen LogP contribution is 2.28. The van der Waals surface area contributed by atoms with E-state index in [0.29, 0.717) is 23.2 Å². The van der Waals surface area contributed by atoms with Crippen LogP contribution in [0.15, 0.2) is 54.6 Å². The number of nitrogens with one attached hydrogen (secondary N) is 2. The second kappa shape index (κ2) is 6.91. The first-order valence-electron chi connectivity index (χ1n) is 8.41. The number of aromatic nitrogens is 3. The molecule has 0 aliphatic carbocycles. The van der Waals surface area contributed by atoms with E-state index in [1.807, 2.05) is 30.3 Å². The largest absolute Gasteiger partial charge is 0.497 e. The van der Waals surface area contributed by atoms with Gasteiger partial charge in [0.05, 0.1) is 13.5 Å². The number of fused-ring (bicyclic) bond motifs is 1. The third kappa shape index (κ3) is 3.37. The number of carbonyl (C=O) groups excluding carboxylic acids is 2. The predicted octanol–water partition coefficient (Wildman–Crippen LogP) is 2.48. The molecule has 3 aromatic rings. The molecule has 2 amide bonds. The van der Waals surface area contributed by atoms with E-state index in [9.17, 15) is 9.59 Å². The smallest absolute Gasteiger partial charge is 0.252 e. The van der Waals surface area contributed by atoms with Gasteiger partial charge in [0.2, 0.25) is 11.9 Å². The Morgan fingerprint density at radius 1 is 1.22 bits per heavy atom. The van der Waals surface area contributed by atoms with E-state index in [-0.39, 0.29) is 18.2 Å². The average Bonchev–Trinajstić information content (AvgIpc) is 3.21. The van der Waals surface area contributed by atoms with Crippen LogP contribution in [0.5, 0.6) is 5.75 Å². The molecule has 8 nitrogen and oxygen atoms in total. The fourth-order valence-corrected chi connectivity index (χ4v) is 2.91. The Balaban J connectivity index is 1.50. The molecule has 27 heavy (non-hydrogen) atoms. The van der Waals surface area contributed by atoms with Gasteiger partial charge in [-0.25, -0.2) is 4.68 Å². The predicted molar refractivity (Wildman–Crippen MR) is 99.4 cm³/mol. The number of carbonyl (C=O) groups is 2. The van der Waals surface area contributed by atoms with Gasteiger partial charge in [0, 0.05) is 17.3 Å². The number of amides is 2. The summed E-state index contributed by atoms with van der Waals surface area (Å²) in [6.45, 7) is 0. The van der Waals surface area contributed by atoms with Crippen molar-refractivity contribution in [2.45, 2.75) is 12.5 Å². The third-order valence-corrected chi connectivity index (χ3v) is 4.23. The number of anilines is 2. The van der Waals surface area contributed by atoms with Crippen LogP contribution in [-0.2, 0) is 9.59 Å². The van der Waals surface area contributed by atoms with Crippen molar-refractivity contribution in [3.05, 3.63) is 54.6 Å². The lowest BCUT2D eigenvalue weighted by atomic mass is 10.2. The molecule has 0 radical (unpaired) electrons. The highest BCUT2D eigenvalue weighted by Gasteiger charge is 2.35. The highest BCUT2D eigenvalue weighted by molar-refractivity contribution is 6.01. The van der Waals surface area contributed by atoms with Crippen molar-refractivity contribution in [3.63, 3.8) is 0 Å². The number of rotatable bonds is 5. The summed E-state index contributed by atoms with van der Waals surface area (Å²) in [6, 6.07) is 15.7. The van der Waals surface area contributed by atoms with Crippen LogP contribution in [0.1, 0.15) is 12.5 Å². The Labute approximate surface area is 155 Å². The van der Waals surface area contributed by atoms with Crippen LogP contribution in [0.4, 0.5) is 11.6 Å². The first kappa shape index (κ1) is 16.8. The zero-order valence-electron chi connectivity index (χ0n) is 14.5. The van der Waals surface area contributed by atoms with Gasteiger partial charge in [0.15, 0.2) is 5.82 Å². The molecule has 1 atom stereocenters. The summed E-state index contributed by atoms with van der Waals surface area (Å²) >= 11 is 0. The standard InChI is InChI=1S/C19H17N5O3/c1-27-14-9-5-8-13(10-14)20-16(25)11-15-18(26)22-19-21-17(23-24(15)19)12-6-3-2-4-7-12/h2-10,15H,11H2,1H3,(H,20,25)(H,21,22,23,26)/t15-/m1/s1. The van der Waals surface area contributed by atoms with Crippen molar-refractivity contribution >= 4 is 23.5 Å². The molecule has 0 fully saturated rings. The summed E-state index contributed by atoms with van der Waals surface area (Å²) in [7, 11) is 1.56. The Kier molecular flexibility index (Phi) is 4.29. The fourth-order valence-electron chi connectivity index (χ4n) is 2.91. The van der Waals surface area contributed by atoms with Crippen molar-refractivity contribution in [1.82, 2.24) is 14.8 Å². The summed E-state index contributed by atoms with van der Waals surface area (Å²) < 4.78 is 6.61.